The maximum Gasteiger partial charge on any atom is 0.123 e. The molecule has 3 heteroatoms. The highest BCUT2D eigenvalue weighted by molar-refractivity contribution is 7.99. The molecule has 2 aromatic carbocycles. The van der Waals surface area contributed by atoms with Crippen LogP contribution in [0.1, 0.15) is 12.0 Å². The zero-order valence-electron chi connectivity index (χ0n) is 10.9. The quantitative estimate of drug-likeness (QED) is 0.617. The summed E-state index contributed by atoms with van der Waals surface area (Å²) < 4.78 is 5.77. The van der Waals surface area contributed by atoms with Crippen LogP contribution in [0.25, 0.3) is 0 Å². The Labute approximate surface area is 119 Å². The molecule has 0 unspecified atom stereocenters. The van der Waals surface area contributed by atoms with Gasteiger partial charge in [0, 0.05) is 22.8 Å². The Kier molecular flexibility index (Phi) is 5.79. The molecule has 0 saturated heterocycles. The lowest BCUT2D eigenvalue weighted by molar-refractivity contribution is 0.315. The molecule has 0 aliphatic heterocycles. The molecule has 100 valence electrons. The van der Waals surface area contributed by atoms with Crippen molar-refractivity contribution in [3.63, 3.8) is 0 Å². The SMILES string of the molecule is NCc1ccccc1OCCCSc1ccccc1. The zero-order valence-corrected chi connectivity index (χ0v) is 11.7. The van der Waals surface area contributed by atoms with Gasteiger partial charge in [-0.25, -0.2) is 0 Å². The average Bonchev–Trinajstić information content (AvgIpc) is 2.48. The topological polar surface area (TPSA) is 35.2 Å². The molecule has 0 bridgehead atoms. The summed E-state index contributed by atoms with van der Waals surface area (Å²) in [7, 11) is 0. The van der Waals surface area contributed by atoms with E-state index in [2.05, 4.69) is 24.3 Å². The third kappa shape index (κ3) is 4.62. The molecule has 0 aliphatic rings. The number of hydrogen-bond donors (Lipinski definition) is 1. The summed E-state index contributed by atoms with van der Waals surface area (Å²) in [6.07, 6.45) is 1.03. The first-order valence-electron chi connectivity index (χ1n) is 6.49. The van der Waals surface area contributed by atoms with Gasteiger partial charge in [0.25, 0.3) is 0 Å². The molecule has 0 heterocycles. The highest BCUT2D eigenvalue weighted by Gasteiger charge is 2.00. The number of benzene rings is 2. The molecule has 0 spiro atoms. The molecule has 0 aliphatic carbocycles. The van der Waals surface area contributed by atoms with Crippen molar-refractivity contribution in [2.24, 2.45) is 5.73 Å². The molecule has 0 amide bonds. The lowest BCUT2D eigenvalue weighted by Gasteiger charge is -2.09. The molecule has 0 aromatic heterocycles. The van der Waals surface area contributed by atoms with Gasteiger partial charge in [0.2, 0.25) is 0 Å². The van der Waals surface area contributed by atoms with Crippen LogP contribution in [0, 0.1) is 0 Å². The molecule has 0 fully saturated rings. The minimum absolute atomic E-state index is 0.523. The number of para-hydroxylation sites is 1. The van der Waals surface area contributed by atoms with E-state index < -0.39 is 0 Å². The maximum absolute atomic E-state index is 5.77. The average molecular weight is 273 g/mol. The number of hydrogen-bond acceptors (Lipinski definition) is 3. The van der Waals surface area contributed by atoms with Crippen molar-refractivity contribution in [2.75, 3.05) is 12.4 Å². The van der Waals surface area contributed by atoms with Crippen LogP contribution in [0.15, 0.2) is 59.5 Å². The molecule has 2 nitrogen and oxygen atoms in total. The first kappa shape index (κ1) is 14.0. The van der Waals surface area contributed by atoms with Crippen LogP contribution in [-0.4, -0.2) is 12.4 Å². The number of thioether (sulfide) groups is 1. The van der Waals surface area contributed by atoms with Crippen LogP contribution in [0.2, 0.25) is 0 Å². The minimum atomic E-state index is 0.523. The van der Waals surface area contributed by atoms with Gasteiger partial charge in [-0.15, -0.1) is 11.8 Å². The van der Waals surface area contributed by atoms with Gasteiger partial charge in [-0.1, -0.05) is 36.4 Å². The van der Waals surface area contributed by atoms with Crippen molar-refractivity contribution in [3.8, 4) is 5.75 Å². The summed E-state index contributed by atoms with van der Waals surface area (Å²) in [6, 6.07) is 18.4. The second-order valence-electron chi connectivity index (χ2n) is 4.18. The Morgan fingerprint density at radius 1 is 0.947 bits per heavy atom. The monoisotopic (exact) mass is 273 g/mol. The summed E-state index contributed by atoms with van der Waals surface area (Å²) in [5.74, 6) is 1.98. The van der Waals surface area contributed by atoms with Crippen molar-refractivity contribution < 1.29 is 4.74 Å². The van der Waals surface area contributed by atoms with Crippen molar-refractivity contribution >= 4 is 11.8 Å². The second-order valence-corrected chi connectivity index (χ2v) is 5.34. The summed E-state index contributed by atoms with van der Waals surface area (Å²) in [5, 5.41) is 0. The third-order valence-electron chi connectivity index (χ3n) is 2.75. The van der Waals surface area contributed by atoms with Gasteiger partial charge in [-0.05, 0) is 24.6 Å². The van der Waals surface area contributed by atoms with E-state index in [1.54, 1.807) is 0 Å². The van der Waals surface area contributed by atoms with Crippen molar-refractivity contribution in [2.45, 2.75) is 17.9 Å². The fraction of sp³-hybridized carbons (Fsp3) is 0.250. The normalized spacial score (nSPS) is 10.4. The second kappa shape index (κ2) is 7.87. The van der Waals surface area contributed by atoms with Crippen molar-refractivity contribution in [1.82, 2.24) is 0 Å². The predicted molar refractivity (Wildman–Crippen MR) is 81.6 cm³/mol. The van der Waals surface area contributed by atoms with Crippen LogP contribution in [-0.2, 0) is 6.54 Å². The Bertz CT molecular complexity index is 487. The molecule has 0 atom stereocenters. The van der Waals surface area contributed by atoms with E-state index in [9.17, 15) is 0 Å². The first-order chi connectivity index (χ1) is 9.40. The fourth-order valence-corrected chi connectivity index (χ4v) is 2.61. The minimum Gasteiger partial charge on any atom is -0.493 e. The lowest BCUT2D eigenvalue weighted by atomic mass is 10.2. The third-order valence-corrected chi connectivity index (χ3v) is 3.85. The van der Waals surface area contributed by atoms with Crippen LogP contribution >= 0.6 is 11.8 Å². The Balaban J connectivity index is 1.69. The van der Waals surface area contributed by atoms with Gasteiger partial charge in [0.1, 0.15) is 5.75 Å². The Morgan fingerprint density at radius 2 is 1.68 bits per heavy atom. The van der Waals surface area contributed by atoms with Crippen LogP contribution in [0.3, 0.4) is 0 Å². The van der Waals surface area contributed by atoms with E-state index in [0.717, 1.165) is 30.1 Å². The van der Waals surface area contributed by atoms with E-state index in [0.29, 0.717) is 6.54 Å². The number of rotatable bonds is 7. The summed E-state index contributed by atoms with van der Waals surface area (Å²) in [6.45, 7) is 1.26. The smallest absolute Gasteiger partial charge is 0.123 e. The Morgan fingerprint density at radius 3 is 2.47 bits per heavy atom. The molecule has 2 rings (SSSR count). The van der Waals surface area contributed by atoms with Gasteiger partial charge in [-0.2, -0.15) is 0 Å². The highest BCUT2D eigenvalue weighted by Crippen LogP contribution is 2.19. The van der Waals surface area contributed by atoms with Crippen molar-refractivity contribution in [3.05, 3.63) is 60.2 Å². The van der Waals surface area contributed by atoms with Crippen LogP contribution in [0.5, 0.6) is 5.75 Å². The predicted octanol–water partition coefficient (Wildman–Crippen LogP) is 3.71. The molecular weight excluding hydrogens is 254 g/mol. The molecule has 19 heavy (non-hydrogen) atoms. The molecule has 2 aromatic rings. The van der Waals surface area contributed by atoms with Gasteiger partial charge < -0.3 is 10.5 Å². The standard InChI is InChI=1S/C16H19NOS/c17-13-14-7-4-5-10-16(14)18-11-6-12-19-15-8-2-1-3-9-15/h1-5,7-10H,6,11-13,17H2. The van der Waals surface area contributed by atoms with Crippen LogP contribution < -0.4 is 10.5 Å². The summed E-state index contributed by atoms with van der Waals surface area (Å²) in [5.41, 5.74) is 6.74. The molecular formula is C16H19NOS. The van der Waals surface area contributed by atoms with E-state index in [4.69, 9.17) is 10.5 Å². The van der Waals surface area contributed by atoms with Gasteiger partial charge >= 0.3 is 0 Å². The van der Waals surface area contributed by atoms with Crippen molar-refractivity contribution in [1.29, 1.82) is 0 Å². The largest absolute Gasteiger partial charge is 0.493 e. The van der Waals surface area contributed by atoms with Crippen LogP contribution in [0.4, 0.5) is 0 Å². The molecule has 0 saturated carbocycles. The number of nitrogens with two attached hydrogens (primary N) is 1. The molecule has 2 N–H and O–H groups in total. The van der Waals surface area contributed by atoms with Gasteiger partial charge in [0.05, 0.1) is 6.61 Å². The van der Waals surface area contributed by atoms with Gasteiger partial charge in [-0.3, -0.25) is 0 Å². The highest BCUT2D eigenvalue weighted by atomic mass is 32.2. The molecule has 0 radical (unpaired) electrons. The van der Waals surface area contributed by atoms with Gasteiger partial charge in [0.15, 0.2) is 0 Å². The summed E-state index contributed by atoms with van der Waals surface area (Å²) >= 11 is 1.86. The summed E-state index contributed by atoms with van der Waals surface area (Å²) in [4.78, 5) is 1.31. The number of ether oxygens (including phenoxy) is 1. The van der Waals surface area contributed by atoms with E-state index >= 15 is 0 Å². The Hall–Kier alpha value is -1.45. The fourth-order valence-electron chi connectivity index (χ4n) is 1.76. The van der Waals surface area contributed by atoms with E-state index in [1.807, 2.05) is 42.1 Å². The first-order valence-corrected chi connectivity index (χ1v) is 7.47. The van der Waals surface area contributed by atoms with E-state index in [-0.39, 0.29) is 0 Å². The maximum atomic E-state index is 5.77. The lowest BCUT2D eigenvalue weighted by Crippen LogP contribution is -2.04. The van der Waals surface area contributed by atoms with E-state index in [1.165, 1.54) is 4.90 Å². The zero-order chi connectivity index (χ0) is 13.3.